The van der Waals surface area contributed by atoms with Crippen LogP contribution in [0.4, 0.5) is 5.95 Å². The molecule has 0 aliphatic carbocycles. The van der Waals surface area contributed by atoms with Gasteiger partial charge in [0.2, 0.25) is 5.95 Å². The van der Waals surface area contributed by atoms with Gasteiger partial charge in [-0.3, -0.25) is 9.78 Å². The van der Waals surface area contributed by atoms with Crippen molar-refractivity contribution in [2.75, 3.05) is 25.1 Å². The highest BCUT2D eigenvalue weighted by molar-refractivity contribution is 5.92. The van der Waals surface area contributed by atoms with Gasteiger partial charge < -0.3 is 15.0 Å². The summed E-state index contributed by atoms with van der Waals surface area (Å²) in [4.78, 5) is 31.2. The lowest BCUT2D eigenvalue weighted by atomic mass is 10.1. The number of anilines is 1. The zero-order valence-corrected chi connectivity index (χ0v) is 13.6. The molecule has 1 fully saturated rings. The summed E-state index contributed by atoms with van der Waals surface area (Å²) in [6.45, 7) is 2.04. The van der Waals surface area contributed by atoms with Crippen LogP contribution in [0.5, 0.6) is 6.01 Å². The molecule has 1 aliphatic heterocycles. The predicted molar refractivity (Wildman–Crippen MR) is 87.9 cm³/mol. The highest BCUT2D eigenvalue weighted by Gasteiger charge is 2.17. The maximum atomic E-state index is 12.1. The van der Waals surface area contributed by atoms with Crippen molar-refractivity contribution in [1.82, 2.24) is 25.3 Å². The molecule has 24 heavy (non-hydrogen) atoms. The average molecular weight is 328 g/mol. The van der Waals surface area contributed by atoms with Crippen molar-refractivity contribution in [3.63, 3.8) is 0 Å². The van der Waals surface area contributed by atoms with Gasteiger partial charge in [-0.25, -0.2) is 0 Å². The molecule has 1 N–H and O–H groups in total. The van der Waals surface area contributed by atoms with Gasteiger partial charge in [-0.05, 0) is 31.4 Å². The summed E-state index contributed by atoms with van der Waals surface area (Å²) in [6.07, 6.45) is 5.06. The number of amides is 1. The smallest absolute Gasteiger partial charge is 0.321 e. The summed E-state index contributed by atoms with van der Waals surface area (Å²) < 4.78 is 5.16. The molecule has 3 heterocycles. The van der Waals surface area contributed by atoms with Gasteiger partial charge in [-0.1, -0.05) is 6.07 Å². The topological polar surface area (TPSA) is 93.1 Å². The number of carbonyl (C=O) groups is 1. The summed E-state index contributed by atoms with van der Waals surface area (Å²) in [5.41, 5.74) is 0.356. The van der Waals surface area contributed by atoms with Gasteiger partial charge in [-0.2, -0.15) is 15.0 Å². The fourth-order valence-electron chi connectivity index (χ4n) is 2.54. The third-order valence-electron chi connectivity index (χ3n) is 3.78. The molecule has 8 nitrogen and oxygen atoms in total. The summed E-state index contributed by atoms with van der Waals surface area (Å²) in [5.74, 6) is 0.796. The first-order valence-corrected chi connectivity index (χ1v) is 7.99. The Labute approximate surface area is 140 Å². The molecule has 0 bridgehead atoms. The normalized spacial score (nSPS) is 14.3. The van der Waals surface area contributed by atoms with E-state index in [1.165, 1.54) is 13.5 Å². The number of piperidine rings is 1. The molecular weight excluding hydrogens is 308 g/mol. The molecule has 8 heteroatoms. The minimum Gasteiger partial charge on any atom is -0.467 e. The first-order valence-electron chi connectivity index (χ1n) is 7.99. The van der Waals surface area contributed by atoms with Crippen LogP contribution in [0.2, 0.25) is 0 Å². The van der Waals surface area contributed by atoms with Crippen molar-refractivity contribution in [3.05, 3.63) is 35.9 Å². The van der Waals surface area contributed by atoms with E-state index in [1.54, 1.807) is 24.4 Å². The first kappa shape index (κ1) is 16.1. The second kappa shape index (κ2) is 7.67. The van der Waals surface area contributed by atoms with E-state index in [0.717, 1.165) is 25.9 Å². The monoisotopic (exact) mass is 328 g/mol. The maximum absolute atomic E-state index is 12.1. The first-order chi connectivity index (χ1) is 11.8. The summed E-state index contributed by atoms with van der Waals surface area (Å²) in [6, 6.07) is 5.44. The lowest BCUT2D eigenvalue weighted by molar-refractivity contribution is 0.0944. The van der Waals surface area contributed by atoms with Crippen molar-refractivity contribution >= 4 is 11.9 Å². The molecule has 1 saturated heterocycles. The van der Waals surface area contributed by atoms with Crippen molar-refractivity contribution in [3.8, 4) is 6.01 Å². The molecule has 0 radical (unpaired) electrons. The van der Waals surface area contributed by atoms with Crippen molar-refractivity contribution < 1.29 is 9.53 Å². The Bertz CT molecular complexity index is 688. The molecule has 0 atom stereocenters. The summed E-state index contributed by atoms with van der Waals surface area (Å²) >= 11 is 0. The van der Waals surface area contributed by atoms with Gasteiger partial charge in [0.1, 0.15) is 5.69 Å². The lowest BCUT2D eigenvalue weighted by Gasteiger charge is -2.26. The number of aromatic nitrogens is 4. The van der Waals surface area contributed by atoms with E-state index in [4.69, 9.17) is 4.74 Å². The third kappa shape index (κ3) is 3.95. The van der Waals surface area contributed by atoms with Crippen LogP contribution in [0, 0.1) is 0 Å². The van der Waals surface area contributed by atoms with E-state index in [-0.39, 0.29) is 18.5 Å². The van der Waals surface area contributed by atoms with E-state index in [9.17, 15) is 4.79 Å². The van der Waals surface area contributed by atoms with E-state index in [1.807, 2.05) is 0 Å². The predicted octanol–water partition coefficient (Wildman–Crippen LogP) is 1.20. The molecule has 2 aromatic heterocycles. The number of carbonyl (C=O) groups excluding carboxylic acids is 1. The Hall–Kier alpha value is -2.77. The average Bonchev–Trinajstić information content (AvgIpc) is 2.67. The van der Waals surface area contributed by atoms with Crippen LogP contribution in [0.25, 0.3) is 0 Å². The van der Waals surface area contributed by atoms with Crippen LogP contribution < -0.4 is 15.0 Å². The minimum absolute atomic E-state index is 0.190. The number of methoxy groups -OCH3 is 1. The molecule has 3 rings (SSSR count). The Kier molecular flexibility index (Phi) is 5.15. The standard InChI is InChI=1S/C16H20N6O2/c1-24-16-20-13(11-18-14(23)12-7-3-4-8-17-12)19-15(21-16)22-9-5-2-6-10-22/h3-4,7-8H,2,5-6,9-11H2,1H3,(H,18,23). The quantitative estimate of drug-likeness (QED) is 0.881. The van der Waals surface area contributed by atoms with Gasteiger partial charge in [0, 0.05) is 19.3 Å². The molecule has 2 aromatic rings. The Morgan fingerprint density at radius 1 is 1.21 bits per heavy atom. The molecule has 0 unspecified atom stereocenters. The van der Waals surface area contributed by atoms with E-state index < -0.39 is 0 Å². The molecule has 126 valence electrons. The van der Waals surface area contributed by atoms with Crippen LogP contribution in [-0.4, -0.2) is 46.0 Å². The molecular formula is C16H20N6O2. The van der Waals surface area contributed by atoms with Gasteiger partial charge in [0.05, 0.1) is 13.7 Å². The van der Waals surface area contributed by atoms with Crippen LogP contribution in [0.15, 0.2) is 24.4 Å². The molecule has 0 spiro atoms. The molecule has 0 saturated carbocycles. The Morgan fingerprint density at radius 3 is 2.75 bits per heavy atom. The second-order valence-electron chi connectivity index (χ2n) is 5.48. The van der Waals surface area contributed by atoms with Crippen molar-refractivity contribution in [2.24, 2.45) is 0 Å². The van der Waals surface area contributed by atoms with E-state index in [2.05, 4.69) is 30.2 Å². The highest BCUT2D eigenvalue weighted by Crippen LogP contribution is 2.17. The summed E-state index contributed by atoms with van der Waals surface area (Å²) in [7, 11) is 1.52. The number of pyridine rings is 1. The van der Waals surface area contributed by atoms with Gasteiger partial charge >= 0.3 is 6.01 Å². The number of rotatable bonds is 5. The van der Waals surface area contributed by atoms with Crippen LogP contribution in [0.1, 0.15) is 35.6 Å². The van der Waals surface area contributed by atoms with Gasteiger partial charge in [-0.15, -0.1) is 0 Å². The molecule has 1 amide bonds. The van der Waals surface area contributed by atoms with Crippen molar-refractivity contribution in [2.45, 2.75) is 25.8 Å². The zero-order chi connectivity index (χ0) is 16.8. The number of nitrogens with zero attached hydrogens (tertiary/aromatic N) is 5. The largest absolute Gasteiger partial charge is 0.467 e. The molecule has 1 aliphatic rings. The lowest BCUT2D eigenvalue weighted by Crippen LogP contribution is -2.32. The number of hydrogen-bond donors (Lipinski definition) is 1. The minimum atomic E-state index is -0.269. The fraction of sp³-hybridized carbons (Fsp3) is 0.438. The van der Waals surface area contributed by atoms with Crippen LogP contribution >= 0.6 is 0 Å². The number of nitrogens with one attached hydrogen (secondary N) is 1. The second-order valence-corrected chi connectivity index (χ2v) is 5.48. The molecule has 0 aromatic carbocycles. The van der Waals surface area contributed by atoms with Crippen molar-refractivity contribution in [1.29, 1.82) is 0 Å². The van der Waals surface area contributed by atoms with Gasteiger partial charge in [0.25, 0.3) is 5.91 Å². The van der Waals surface area contributed by atoms with E-state index >= 15 is 0 Å². The Balaban J connectivity index is 1.71. The number of hydrogen-bond acceptors (Lipinski definition) is 7. The van der Waals surface area contributed by atoms with Crippen LogP contribution in [0.3, 0.4) is 0 Å². The fourth-order valence-corrected chi connectivity index (χ4v) is 2.54. The van der Waals surface area contributed by atoms with Crippen LogP contribution in [-0.2, 0) is 6.54 Å². The van der Waals surface area contributed by atoms with E-state index in [0.29, 0.717) is 17.5 Å². The third-order valence-corrected chi connectivity index (χ3v) is 3.78. The Morgan fingerprint density at radius 2 is 2.04 bits per heavy atom. The SMILES string of the molecule is COc1nc(CNC(=O)c2ccccn2)nc(N2CCCCC2)n1. The van der Waals surface area contributed by atoms with Gasteiger partial charge in [0.15, 0.2) is 5.82 Å². The maximum Gasteiger partial charge on any atom is 0.321 e. The summed E-state index contributed by atoms with van der Waals surface area (Å²) in [5, 5.41) is 2.77. The number of ether oxygens (including phenoxy) is 1. The highest BCUT2D eigenvalue weighted by atomic mass is 16.5. The zero-order valence-electron chi connectivity index (χ0n) is 13.6.